The zero-order valence-electron chi connectivity index (χ0n) is 10.8. The van der Waals surface area contributed by atoms with Gasteiger partial charge in [-0.1, -0.05) is 6.07 Å². The minimum Gasteiger partial charge on any atom is -0.455 e. The van der Waals surface area contributed by atoms with Crippen LogP contribution >= 0.6 is 11.3 Å². The highest BCUT2D eigenvalue weighted by atomic mass is 32.1. The molecule has 0 radical (unpaired) electrons. The van der Waals surface area contributed by atoms with Crippen LogP contribution in [0.3, 0.4) is 0 Å². The molecule has 0 aliphatic heterocycles. The Bertz CT molecular complexity index is 443. The van der Waals surface area contributed by atoms with E-state index in [0.717, 1.165) is 4.88 Å². The number of hydrogen-bond acceptors (Lipinski definition) is 5. The second kappa shape index (κ2) is 7.52. The van der Waals surface area contributed by atoms with E-state index in [1.807, 2.05) is 17.5 Å². The molecule has 0 unspecified atom stereocenters. The van der Waals surface area contributed by atoms with Crippen molar-refractivity contribution < 1.29 is 19.1 Å². The maximum Gasteiger partial charge on any atom is 0.321 e. The van der Waals surface area contributed by atoms with E-state index in [1.54, 1.807) is 13.8 Å². The van der Waals surface area contributed by atoms with Crippen LogP contribution in [0.25, 0.3) is 0 Å². The van der Waals surface area contributed by atoms with Gasteiger partial charge in [0.25, 0.3) is 5.91 Å². The van der Waals surface area contributed by atoms with Crippen LogP contribution in [0.4, 0.5) is 4.79 Å². The van der Waals surface area contributed by atoms with E-state index >= 15 is 0 Å². The molecule has 1 aromatic rings. The lowest BCUT2D eigenvalue weighted by Crippen LogP contribution is -2.44. The van der Waals surface area contributed by atoms with Crippen molar-refractivity contribution in [3.05, 3.63) is 22.4 Å². The van der Waals surface area contributed by atoms with E-state index in [-0.39, 0.29) is 12.5 Å². The Kier molecular flexibility index (Phi) is 6.01. The zero-order valence-corrected chi connectivity index (χ0v) is 11.6. The molecule has 1 heterocycles. The Morgan fingerprint density at radius 2 is 2.11 bits per heavy atom. The molecule has 0 saturated heterocycles. The number of esters is 1. The summed E-state index contributed by atoms with van der Waals surface area (Å²) in [6, 6.07) is 2.96. The number of amides is 3. The molecule has 0 aliphatic rings. The lowest BCUT2D eigenvalue weighted by atomic mass is 10.3. The van der Waals surface area contributed by atoms with Gasteiger partial charge in [0.15, 0.2) is 6.61 Å². The predicted molar refractivity (Wildman–Crippen MR) is 70.8 cm³/mol. The summed E-state index contributed by atoms with van der Waals surface area (Å²) in [5.41, 5.74) is 0. The molecule has 0 spiro atoms. The van der Waals surface area contributed by atoms with Crippen molar-refractivity contribution in [3.8, 4) is 0 Å². The maximum atomic E-state index is 11.4. The molecule has 1 rings (SSSR count). The Morgan fingerprint density at radius 1 is 1.37 bits per heavy atom. The summed E-state index contributed by atoms with van der Waals surface area (Å²) in [6.45, 7) is 3.08. The highest BCUT2D eigenvalue weighted by molar-refractivity contribution is 7.10. The first-order valence-corrected chi connectivity index (χ1v) is 6.63. The summed E-state index contributed by atoms with van der Waals surface area (Å²) >= 11 is 1.44. The fourth-order valence-electron chi connectivity index (χ4n) is 1.21. The summed E-state index contributed by atoms with van der Waals surface area (Å²) in [7, 11) is 0. The fourth-order valence-corrected chi connectivity index (χ4v) is 1.90. The molecular weight excluding hydrogens is 268 g/mol. The second-order valence-electron chi connectivity index (χ2n) is 4.09. The van der Waals surface area contributed by atoms with Crippen LogP contribution in [-0.4, -0.2) is 30.6 Å². The van der Waals surface area contributed by atoms with Gasteiger partial charge in [0.05, 0.1) is 6.42 Å². The molecule has 6 nitrogen and oxygen atoms in total. The summed E-state index contributed by atoms with van der Waals surface area (Å²) in [4.78, 5) is 34.7. The number of urea groups is 1. The number of thiophene rings is 1. The van der Waals surface area contributed by atoms with Gasteiger partial charge in [0, 0.05) is 10.9 Å². The standard InChI is InChI=1S/C12H16N2O4S/c1-8(2)13-12(17)14-10(15)7-18-11(16)6-9-4-3-5-19-9/h3-5,8H,6-7H2,1-2H3,(H2,13,14,15,17). The average Bonchev–Trinajstić information content (AvgIpc) is 2.77. The SMILES string of the molecule is CC(C)NC(=O)NC(=O)COC(=O)Cc1cccs1. The largest absolute Gasteiger partial charge is 0.455 e. The first-order chi connectivity index (χ1) is 8.97. The summed E-state index contributed by atoms with van der Waals surface area (Å²) < 4.78 is 4.76. The third-order valence-electron chi connectivity index (χ3n) is 1.94. The highest BCUT2D eigenvalue weighted by Gasteiger charge is 2.12. The Morgan fingerprint density at radius 3 is 2.68 bits per heavy atom. The fraction of sp³-hybridized carbons (Fsp3) is 0.417. The van der Waals surface area contributed by atoms with Gasteiger partial charge in [-0.25, -0.2) is 4.79 Å². The molecule has 104 valence electrons. The van der Waals surface area contributed by atoms with E-state index in [2.05, 4.69) is 10.6 Å². The zero-order chi connectivity index (χ0) is 14.3. The van der Waals surface area contributed by atoms with E-state index in [0.29, 0.717) is 0 Å². The highest BCUT2D eigenvalue weighted by Crippen LogP contribution is 2.09. The van der Waals surface area contributed by atoms with Gasteiger partial charge in [-0.3, -0.25) is 14.9 Å². The van der Waals surface area contributed by atoms with E-state index in [9.17, 15) is 14.4 Å². The van der Waals surface area contributed by atoms with Gasteiger partial charge < -0.3 is 10.1 Å². The number of ether oxygens (including phenoxy) is 1. The molecule has 0 aliphatic carbocycles. The third kappa shape index (κ3) is 6.56. The Balaban J connectivity index is 2.22. The minimum atomic E-state index is -0.655. The molecule has 7 heteroatoms. The van der Waals surface area contributed by atoms with Crippen molar-refractivity contribution in [3.63, 3.8) is 0 Å². The van der Waals surface area contributed by atoms with Crippen molar-refractivity contribution in [1.82, 2.24) is 10.6 Å². The van der Waals surface area contributed by atoms with Crippen LogP contribution in [0.5, 0.6) is 0 Å². The minimum absolute atomic E-state index is 0.0748. The van der Waals surface area contributed by atoms with Crippen LogP contribution in [-0.2, 0) is 20.7 Å². The molecule has 0 bridgehead atoms. The molecule has 0 aromatic carbocycles. The molecule has 2 N–H and O–H groups in total. The van der Waals surface area contributed by atoms with Gasteiger partial charge in [0.2, 0.25) is 0 Å². The number of nitrogens with one attached hydrogen (secondary N) is 2. The molecule has 0 saturated carbocycles. The van der Waals surface area contributed by atoms with Crippen molar-refractivity contribution in [1.29, 1.82) is 0 Å². The Hall–Kier alpha value is -1.89. The van der Waals surface area contributed by atoms with Gasteiger partial charge in [-0.15, -0.1) is 11.3 Å². The summed E-state index contributed by atoms with van der Waals surface area (Å²) in [5, 5.41) is 6.40. The average molecular weight is 284 g/mol. The molecule has 3 amide bonds. The summed E-state index contributed by atoms with van der Waals surface area (Å²) in [5.74, 6) is -1.15. The van der Waals surface area contributed by atoms with Gasteiger partial charge in [0.1, 0.15) is 0 Å². The quantitative estimate of drug-likeness (QED) is 0.792. The predicted octanol–water partition coefficient (Wildman–Crippen LogP) is 1.07. The van der Waals surface area contributed by atoms with Crippen molar-refractivity contribution >= 4 is 29.2 Å². The number of imide groups is 1. The molecule has 19 heavy (non-hydrogen) atoms. The molecular formula is C12H16N2O4S. The van der Waals surface area contributed by atoms with E-state index < -0.39 is 24.5 Å². The van der Waals surface area contributed by atoms with E-state index in [1.165, 1.54) is 11.3 Å². The van der Waals surface area contributed by atoms with Crippen molar-refractivity contribution in [2.75, 3.05) is 6.61 Å². The first-order valence-electron chi connectivity index (χ1n) is 5.75. The Labute approximate surface area is 115 Å². The number of carbonyl (C=O) groups excluding carboxylic acids is 3. The molecule has 0 atom stereocenters. The first kappa shape index (κ1) is 15.2. The van der Waals surface area contributed by atoms with Gasteiger partial charge >= 0.3 is 12.0 Å². The second-order valence-corrected chi connectivity index (χ2v) is 5.13. The normalized spacial score (nSPS) is 10.1. The summed E-state index contributed by atoms with van der Waals surface area (Å²) in [6.07, 6.45) is 0.128. The van der Waals surface area contributed by atoms with Crippen LogP contribution in [0.2, 0.25) is 0 Å². The molecule has 0 fully saturated rings. The van der Waals surface area contributed by atoms with Gasteiger partial charge in [-0.05, 0) is 25.3 Å². The number of rotatable bonds is 5. The van der Waals surface area contributed by atoms with E-state index in [4.69, 9.17) is 4.74 Å². The topological polar surface area (TPSA) is 84.5 Å². The van der Waals surface area contributed by atoms with Crippen LogP contribution in [0.1, 0.15) is 18.7 Å². The number of hydrogen-bond donors (Lipinski definition) is 2. The number of carbonyl (C=O) groups is 3. The van der Waals surface area contributed by atoms with Crippen molar-refractivity contribution in [2.45, 2.75) is 26.3 Å². The molecule has 1 aromatic heterocycles. The van der Waals surface area contributed by atoms with Crippen LogP contribution < -0.4 is 10.6 Å². The smallest absolute Gasteiger partial charge is 0.321 e. The lowest BCUT2D eigenvalue weighted by molar-refractivity contribution is -0.147. The van der Waals surface area contributed by atoms with Gasteiger partial charge in [-0.2, -0.15) is 0 Å². The monoisotopic (exact) mass is 284 g/mol. The van der Waals surface area contributed by atoms with Crippen LogP contribution in [0, 0.1) is 0 Å². The third-order valence-corrected chi connectivity index (χ3v) is 2.81. The van der Waals surface area contributed by atoms with Crippen molar-refractivity contribution in [2.24, 2.45) is 0 Å². The maximum absolute atomic E-state index is 11.4. The van der Waals surface area contributed by atoms with Crippen LogP contribution in [0.15, 0.2) is 17.5 Å². The lowest BCUT2D eigenvalue weighted by Gasteiger charge is -2.09.